The number of ether oxygens (including phenoxy) is 1. The third-order valence-electron chi connectivity index (χ3n) is 2.44. The van der Waals surface area contributed by atoms with Crippen LogP contribution in [-0.2, 0) is 0 Å². The molecule has 0 aromatic heterocycles. The van der Waals surface area contributed by atoms with Gasteiger partial charge in [0.1, 0.15) is 5.75 Å². The first-order valence-electron chi connectivity index (χ1n) is 5.25. The molecule has 3 nitrogen and oxygen atoms in total. The highest BCUT2D eigenvalue weighted by atomic mass is 16.5. The summed E-state index contributed by atoms with van der Waals surface area (Å²) in [5.41, 5.74) is 7.87. The van der Waals surface area contributed by atoms with Gasteiger partial charge in [-0.2, -0.15) is 0 Å². The second kappa shape index (κ2) is 5.61. The summed E-state index contributed by atoms with van der Waals surface area (Å²) in [6.45, 7) is 3.76. The zero-order chi connectivity index (χ0) is 11.3. The van der Waals surface area contributed by atoms with Gasteiger partial charge in [0.2, 0.25) is 0 Å². The number of hydrogen-bond acceptors (Lipinski definition) is 3. The van der Waals surface area contributed by atoms with Gasteiger partial charge in [-0.3, -0.25) is 0 Å². The van der Waals surface area contributed by atoms with E-state index in [-0.39, 0.29) is 0 Å². The van der Waals surface area contributed by atoms with Crippen molar-refractivity contribution < 1.29 is 4.74 Å². The van der Waals surface area contributed by atoms with Crippen LogP contribution in [0.2, 0.25) is 0 Å². The van der Waals surface area contributed by atoms with Crippen molar-refractivity contribution >= 4 is 5.69 Å². The van der Waals surface area contributed by atoms with Crippen LogP contribution in [0.25, 0.3) is 0 Å². The highest BCUT2D eigenvalue weighted by Crippen LogP contribution is 2.28. The van der Waals surface area contributed by atoms with E-state index in [1.165, 1.54) is 5.56 Å². The predicted octanol–water partition coefficient (Wildman–Crippen LogP) is 1.79. The Balaban J connectivity index is 2.85. The monoisotopic (exact) mass is 208 g/mol. The average Bonchev–Trinajstić information content (AvgIpc) is 2.25. The summed E-state index contributed by atoms with van der Waals surface area (Å²) in [4.78, 5) is 2.18. The van der Waals surface area contributed by atoms with Gasteiger partial charge in [-0.15, -0.1) is 0 Å². The molecule has 0 atom stereocenters. The molecule has 0 aliphatic carbocycles. The fourth-order valence-electron chi connectivity index (χ4n) is 1.55. The van der Waals surface area contributed by atoms with Crippen molar-refractivity contribution in [2.24, 2.45) is 5.73 Å². The number of hydrogen-bond donors (Lipinski definition) is 1. The number of nitrogens with zero attached hydrogens (tertiary/aromatic N) is 1. The van der Waals surface area contributed by atoms with Crippen molar-refractivity contribution in [1.82, 2.24) is 0 Å². The minimum Gasteiger partial charge on any atom is -0.495 e. The van der Waals surface area contributed by atoms with E-state index in [0.29, 0.717) is 0 Å². The quantitative estimate of drug-likeness (QED) is 0.801. The third kappa shape index (κ3) is 3.13. The summed E-state index contributed by atoms with van der Waals surface area (Å²) < 4.78 is 5.33. The van der Waals surface area contributed by atoms with Crippen LogP contribution >= 0.6 is 0 Å². The van der Waals surface area contributed by atoms with Crippen molar-refractivity contribution in [2.75, 3.05) is 32.1 Å². The van der Waals surface area contributed by atoms with Crippen LogP contribution in [-0.4, -0.2) is 27.2 Å². The first-order chi connectivity index (χ1) is 7.19. The fraction of sp³-hybridized carbons (Fsp3) is 0.500. The summed E-state index contributed by atoms with van der Waals surface area (Å²) >= 11 is 0. The molecule has 0 bridgehead atoms. The predicted molar refractivity (Wildman–Crippen MR) is 64.7 cm³/mol. The lowest BCUT2D eigenvalue weighted by Gasteiger charge is -2.21. The molecule has 0 heterocycles. The lowest BCUT2D eigenvalue weighted by Crippen LogP contribution is -2.21. The fourth-order valence-corrected chi connectivity index (χ4v) is 1.55. The van der Waals surface area contributed by atoms with E-state index in [9.17, 15) is 0 Å². The zero-order valence-electron chi connectivity index (χ0n) is 9.79. The Morgan fingerprint density at radius 3 is 2.73 bits per heavy atom. The van der Waals surface area contributed by atoms with E-state index in [1.807, 2.05) is 6.07 Å². The van der Waals surface area contributed by atoms with Crippen molar-refractivity contribution in [1.29, 1.82) is 0 Å². The molecule has 15 heavy (non-hydrogen) atoms. The van der Waals surface area contributed by atoms with Crippen LogP contribution in [0.15, 0.2) is 18.2 Å². The molecule has 2 N–H and O–H groups in total. The number of aryl methyl sites for hydroxylation is 1. The second-order valence-corrected chi connectivity index (χ2v) is 3.74. The van der Waals surface area contributed by atoms with Crippen LogP contribution in [0.5, 0.6) is 5.75 Å². The molecule has 1 aromatic rings. The number of rotatable bonds is 5. The van der Waals surface area contributed by atoms with Gasteiger partial charge in [0.15, 0.2) is 0 Å². The zero-order valence-corrected chi connectivity index (χ0v) is 9.79. The first kappa shape index (κ1) is 11.9. The molecule has 0 saturated carbocycles. The molecule has 0 radical (unpaired) electrons. The summed E-state index contributed by atoms with van der Waals surface area (Å²) in [6.07, 6.45) is 0.994. The summed E-state index contributed by atoms with van der Waals surface area (Å²) in [6, 6.07) is 6.19. The van der Waals surface area contributed by atoms with E-state index >= 15 is 0 Å². The SMILES string of the molecule is COc1ccc(C)cc1N(C)CCCN. The first-order valence-corrected chi connectivity index (χ1v) is 5.25. The van der Waals surface area contributed by atoms with E-state index in [4.69, 9.17) is 10.5 Å². The van der Waals surface area contributed by atoms with Gasteiger partial charge in [-0.25, -0.2) is 0 Å². The minimum atomic E-state index is 0.721. The molecule has 0 unspecified atom stereocenters. The Morgan fingerprint density at radius 2 is 2.13 bits per heavy atom. The molecule has 0 aliphatic rings. The standard InChI is InChI=1S/C12H20N2O/c1-10-5-6-12(15-3)11(9-10)14(2)8-4-7-13/h5-6,9H,4,7-8,13H2,1-3H3. The summed E-state index contributed by atoms with van der Waals surface area (Å²) in [5, 5.41) is 0. The molecule has 0 saturated heterocycles. The lowest BCUT2D eigenvalue weighted by molar-refractivity contribution is 0.414. The Hall–Kier alpha value is -1.22. The van der Waals surface area contributed by atoms with Crippen LogP contribution in [0.3, 0.4) is 0 Å². The van der Waals surface area contributed by atoms with Gasteiger partial charge in [0.25, 0.3) is 0 Å². The third-order valence-corrected chi connectivity index (χ3v) is 2.44. The Labute approximate surface area is 91.8 Å². The second-order valence-electron chi connectivity index (χ2n) is 3.74. The lowest BCUT2D eigenvalue weighted by atomic mass is 10.2. The summed E-state index contributed by atoms with van der Waals surface area (Å²) in [7, 11) is 3.76. The molecule has 3 heteroatoms. The number of nitrogens with two attached hydrogens (primary N) is 1. The van der Waals surface area contributed by atoms with Crippen molar-refractivity contribution in [3.63, 3.8) is 0 Å². The van der Waals surface area contributed by atoms with Gasteiger partial charge in [-0.1, -0.05) is 6.07 Å². The molecule has 1 aromatic carbocycles. The maximum absolute atomic E-state index is 5.50. The molecular formula is C12H20N2O. The Bertz CT molecular complexity index is 312. The van der Waals surface area contributed by atoms with Crippen LogP contribution < -0.4 is 15.4 Å². The molecule has 84 valence electrons. The van der Waals surface area contributed by atoms with Gasteiger partial charge in [0, 0.05) is 13.6 Å². The molecule has 0 spiro atoms. The van der Waals surface area contributed by atoms with E-state index in [1.54, 1.807) is 7.11 Å². The topological polar surface area (TPSA) is 38.5 Å². The van der Waals surface area contributed by atoms with Crippen molar-refractivity contribution in [3.8, 4) is 5.75 Å². The summed E-state index contributed by atoms with van der Waals surface area (Å²) in [5.74, 6) is 0.917. The maximum Gasteiger partial charge on any atom is 0.142 e. The van der Waals surface area contributed by atoms with Crippen molar-refractivity contribution in [2.45, 2.75) is 13.3 Å². The normalized spacial score (nSPS) is 10.1. The van der Waals surface area contributed by atoms with E-state index in [0.717, 1.165) is 30.9 Å². The number of benzene rings is 1. The minimum absolute atomic E-state index is 0.721. The Kier molecular flexibility index (Phi) is 4.43. The largest absolute Gasteiger partial charge is 0.495 e. The van der Waals surface area contributed by atoms with Crippen LogP contribution in [0.1, 0.15) is 12.0 Å². The van der Waals surface area contributed by atoms with Crippen LogP contribution in [0, 0.1) is 6.92 Å². The highest BCUT2D eigenvalue weighted by Gasteiger charge is 2.07. The molecule has 0 aliphatic heterocycles. The molecule has 1 rings (SSSR count). The maximum atomic E-state index is 5.50. The van der Waals surface area contributed by atoms with Crippen molar-refractivity contribution in [3.05, 3.63) is 23.8 Å². The molecule has 0 amide bonds. The number of anilines is 1. The highest BCUT2D eigenvalue weighted by molar-refractivity contribution is 5.59. The Morgan fingerprint density at radius 1 is 1.40 bits per heavy atom. The van der Waals surface area contributed by atoms with Crippen LogP contribution in [0.4, 0.5) is 5.69 Å². The van der Waals surface area contributed by atoms with E-state index < -0.39 is 0 Å². The van der Waals surface area contributed by atoms with E-state index in [2.05, 4.69) is 31.0 Å². The van der Waals surface area contributed by atoms with Gasteiger partial charge in [-0.05, 0) is 37.6 Å². The van der Waals surface area contributed by atoms with Gasteiger partial charge >= 0.3 is 0 Å². The molecular weight excluding hydrogens is 188 g/mol. The smallest absolute Gasteiger partial charge is 0.142 e. The van der Waals surface area contributed by atoms with Gasteiger partial charge in [0.05, 0.1) is 12.8 Å². The average molecular weight is 208 g/mol. The molecule has 0 fully saturated rings. The number of methoxy groups -OCH3 is 1. The van der Waals surface area contributed by atoms with Gasteiger partial charge < -0.3 is 15.4 Å².